The highest BCUT2D eigenvalue weighted by molar-refractivity contribution is 5.80. The molecule has 1 aromatic rings. The number of ether oxygens (including phenoxy) is 1. The first-order chi connectivity index (χ1) is 13.2. The molecule has 1 unspecified atom stereocenters. The summed E-state index contributed by atoms with van der Waals surface area (Å²) in [4.78, 5) is 20.6. The predicted molar refractivity (Wildman–Crippen MR) is 115 cm³/mol. The zero-order chi connectivity index (χ0) is 21.0. The number of aromatic nitrogens is 1. The highest BCUT2D eigenvalue weighted by Crippen LogP contribution is 2.07. The molecule has 1 heterocycles. The first kappa shape index (κ1) is 23.7. The highest BCUT2D eigenvalue weighted by Gasteiger charge is 2.18. The highest BCUT2D eigenvalue weighted by atomic mass is 16.6. The van der Waals surface area contributed by atoms with Crippen molar-refractivity contribution in [3.63, 3.8) is 0 Å². The molecule has 0 saturated heterocycles. The monoisotopic (exact) mass is 391 g/mol. The number of hydrogen-bond acceptors (Lipinski definition) is 4. The third kappa shape index (κ3) is 10.7. The van der Waals surface area contributed by atoms with Crippen molar-refractivity contribution in [1.82, 2.24) is 20.9 Å². The van der Waals surface area contributed by atoms with Crippen LogP contribution in [0.25, 0.3) is 0 Å². The lowest BCUT2D eigenvalue weighted by atomic mass is 10.1. The molecule has 7 nitrogen and oxygen atoms in total. The number of unbranched alkanes of at least 4 members (excludes halogenated alkanes) is 1. The molecule has 158 valence electrons. The molecular weight excluding hydrogens is 354 g/mol. The van der Waals surface area contributed by atoms with Crippen LogP contribution in [-0.2, 0) is 11.2 Å². The van der Waals surface area contributed by atoms with Gasteiger partial charge in [-0.1, -0.05) is 25.8 Å². The maximum atomic E-state index is 11.9. The van der Waals surface area contributed by atoms with Gasteiger partial charge in [-0.3, -0.25) is 9.98 Å². The Balaban J connectivity index is 2.49. The maximum absolute atomic E-state index is 11.9. The van der Waals surface area contributed by atoms with Gasteiger partial charge in [-0.25, -0.2) is 4.79 Å². The van der Waals surface area contributed by atoms with Gasteiger partial charge in [-0.2, -0.15) is 0 Å². The second-order valence-electron chi connectivity index (χ2n) is 7.92. The Morgan fingerprint density at radius 2 is 2.04 bits per heavy atom. The number of nitrogens with one attached hydrogen (secondary N) is 3. The van der Waals surface area contributed by atoms with Gasteiger partial charge in [0.05, 0.1) is 0 Å². The van der Waals surface area contributed by atoms with Gasteiger partial charge < -0.3 is 20.7 Å². The van der Waals surface area contributed by atoms with Crippen molar-refractivity contribution >= 4 is 12.1 Å². The Morgan fingerprint density at radius 3 is 2.61 bits per heavy atom. The quantitative estimate of drug-likeness (QED) is 0.444. The van der Waals surface area contributed by atoms with Gasteiger partial charge in [-0.05, 0) is 52.2 Å². The molecule has 3 N–H and O–H groups in total. The molecule has 0 aromatic carbocycles. The van der Waals surface area contributed by atoms with Crippen molar-refractivity contribution in [2.75, 3.05) is 20.1 Å². The molecule has 0 radical (unpaired) electrons. The van der Waals surface area contributed by atoms with Crippen LogP contribution in [0.2, 0.25) is 0 Å². The van der Waals surface area contributed by atoms with Crippen LogP contribution in [0.15, 0.2) is 23.3 Å². The van der Waals surface area contributed by atoms with Crippen molar-refractivity contribution in [3.8, 4) is 0 Å². The summed E-state index contributed by atoms with van der Waals surface area (Å²) in [6, 6.07) is 4.19. The summed E-state index contributed by atoms with van der Waals surface area (Å²) in [6.07, 6.45) is 5.47. The predicted octanol–water partition coefficient (Wildman–Crippen LogP) is 3.18. The number of alkyl carbamates (subject to hydrolysis) is 1. The summed E-state index contributed by atoms with van der Waals surface area (Å²) in [7, 11) is 1.75. The topological polar surface area (TPSA) is 87.6 Å². The Hall–Kier alpha value is -2.31. The zero-order valence-electron chi connectivity index (χ0n) is 18.3. The Bertz CT molecular complexity index is 608. The number of hydrogen-bond donors (Lipinski definition) is 3. The third-order valence-electron chi connectivity index (χ3n) is 4.04. The van der Waals surface area contributed by atoms with Crippen LogP contribution >= 0.6 is 0 Å². The number of pyridine rings is 1. The lowest BCUT2D eigenvalue weighted by molar-refractivity contribution is 0.0523. The van der Waals surface area contributed by atoms with Crippen LogP contribution in [-0.4, -0.2) is 48.8 Å². The Morgan fingerprint density at radius 1 is 1.29 bits per heavy atom. The second kappa shape index (κ2) is 12.2. The second-order valence-corrected chi connectivity index (χ2v) is 7.92. The molecule has 0 spiro atoms. The lowest BCUT2D eigenvalue weighted by Crippen LogP contribution is -2.49. The van der Waals surface area contributed by atoms with E-state index in [1.165, 1.54) is 5.56 Å². The average molecular weight is 392 g/mol. The van der Waals surface area contributed by atoms with E-state index < -0.39 is 11.7 Å². The summed E-state index contributed by atoms with van der Waals surface area (Å²) in [5, 5.41) is 9.59. The van der Waals surface area contributed by atoms with Crippen molar-refractivity contribution in [2.24, 2.45) is 4.99 Å². The molecular formula is C21H37N5O2. The van der Waals surface area contributed by atoms with Crippen LogP contribution in [0, 0.1) is 6.92 Å². The summed E-state index contributed by atoms with van der Waals surface area (Å²) in [5.41, 5.74) is 1.70. The zero-order valence-corrected chi connectivity index (χ0v) is 18.3. The van der Waals surface area contributed by atoms with Crippen molar-refractivity contribution in [1.29, 1.82) is 0 Å². The Kier molecular flexibility index (Phi) is 10.3. The van der Waals surface area contributed by atoms with E-state index in [-0.39, 0.29) is 6.04 Å². The van der Waals surface area contributed by atoms with Gasteiger partial charge in [0.2, 0.25) is 0 Å². The van der Waals surface area contributed by atoms with Crippen LogP contribution in [0.4, 0.5) is 4.79 Å². The third-order valence-corrected chi connectivity index (χ3v) is 4.04. The fraction of sp³-hybridized carbons (Fsp3) is 0.667. The fourth-order valence-corrected chi connectivity index (χ4v) is 2.56. The van der Waals surface area contributed by atoms with Crippen molar-refractivity contribution < 1.29 is 9.53 Å². The number of carbonyl (C=O) groups excluding carboxylic acids is 1. The minimum absolute atomic E-state index is 0.0831. The fourth-order valence-electron chi connectivity index (χ4n) is 2.56. The smallest absolute Gasteiger partial charge is 0.407 e. The number of nitrogens with zero attached hydrogens (tertiary/aromatic N) is 2. The number of aliphatic imine (C=N–C) groups is 1. The van der Waals surface area contributed by atoms with Crippen LogP contribution in [0.1, 0.15) is 58.2 Å². The van der Waals surface area contributed by atoms with Gasteiger partial charge in [0.15, 0.2) is 5.96 Å². The molecule has 0 aliphatic carbocycles. The van der Waals surface area contributed by atoms with E-state index in [1.807, 2.05) is 40.0 Å². The molecule has 1 amide bonds. The standard InChI is InChI=1S/C21H37N5O2/c1-7-8-9-18(15-25-20(27)28-21(3,4)5)26-19(22-6)23-13-12-17-11-10-16(2)24-14-17/h10-11,14,18H,7-9,12-13,15H2,1-6H3,(H,25,27)(H2,22,23,26). The van der Waals surface area contributed by atoms with E-state index >= 15 is 0 Å². The molecule has 7 heteroatoms. The summed E-state index contributed by atoms with van der Waals surface area (Å²) < 4.78 is 5.32. The van der Waals surface area contributed by atoms with Crippen LogP contribution in [0.3, 0.4) is 0 Å². The van der Waals surface area contributed by atoms with Crippen molar-refractivity contribution in [2.45, 2.75) is 71.9 Å². The van der Waals surface area contributed by atoms with Gasteiger partial charge in [0, 0.05) is 38.1 Å². The first-order valence-corrected chi connectivity index (χ1v) is 10.1. The minimum atomic E-state index is -0.501. The van der Waals surface area contributed by atoms with Gasteiger partial charge >= 0.3 is 6.09 Å². The van der Waals surface area contributed by atoms with Crippen LogP contribution < -0.4 is 16.0 Å². The number of rotatable bonds is 9. The van der Waals surface area contributed by atoms with Crippen LogP contribution in [0.5, 0.6) is 0 Å². The van der Waals surface area contributed by atoms with E-state index in [1.54, 1.807) is 7.05 Å². The van der Waals surface area contributed by atoms with E-state index in [9.17, 15) is 4.79 Å². The molecule has 1 atom stereocenters. The van der Waals surface area contributed by atoms with Crippen molar-refractivity contribution in [3.05, 3.63) is 29.6 Å². The molecule has 0 bridgehead atoms. The number of carbonyl (C=O) groups is 1. The molecule has 28 heavy (non-hydrogen) atoms. The minimum Gasteiger partial charge on any atom is -0.444 e. The average Bonchev–Trinajstić information content (AvgIpc) is 2.62. The van der Waals surface area contributed by atoms with Gasteiger partial charge in [-0.15, -0.1) is 0 Å². The van der Waals surface area contributed by atoms with E-state index in [2.05, 4.69) is 38.9 Å². The molecule has 0 saturated carbocycles. The summed E-state index contributed by atoms with van der Waals surface area (Å²) in [6.45, 7) is 10.9. The largest absolute Gasteiger partial charge is 0.444 e. The van der Waals surface area contributed by atoms with E-state index in [4.69, 9.17) is 4.74 Å². The lowest BCUT2D eigenvalue weighted by Gasteiger charge is -2.24. The normalized spacial score (nSPS) is 13.0. The number of amides is 1. The van der Waals surface area contributed by atoms with Gasteiger partial charge in [0.25, 0.3) is 0 Å². The van der Waals surface area contributed by atoms with E-state index in [0.29, 0.717) is 6.54 Å². The van der Waals surface area contributed by atoms with Gasteiger partial charge in [0.1, 0.15) is 5.60 Å². The van der Waals surface area contributed by atoms with E-state index in [0.717, 1.165) is 43.9 Å². The molecule has 0 fully saturated rings. The molecule has 0 aliphatic heterocycles. The molecule has 1 rings (SSSR count). The number of aryl methyl sites for hydroxylation is 1. The molecule has 1 aromatic heterocycles. The number of guanidine groups is 1. The SMILES string of the molecule is CCCCC(CNC(=O)OC(C)(C)C)NC(=NC)NCCc1ccc(C)nc1. The summed E-state index contributed by atoms with van der Waals surface area (Å²) in [5.74, 6) is 0.729. The molecule has 0 aliphatic rings. The maximum Gasteiger partial charge on any atom is 0.407 e. The Labute approximate surface area is 169 Å². The first-order valence-electron chi connectivity index (χ1n) is 10.1. The summed E-state index contributed by atoms with van der Waals surface area (Å²) >= 11 is 0.